The van der Waals surface area contributed by atoms with Crippen molar-refractivity contribution in [3.05, 3.63) is 36.4 Å². The largest absolute Gasteiger partial charge is 0.368 e. The number of likely N-dealkylation sites (tertiary alicyclic amines) is 1. The molecule has 0 radical (unpaired) electrons. The Labute approximate surface area is 154 Å². The summed E-state index contributed by atoms with van der Waals surface area (Å²) < 4.78 is 1.91. The van der Waals surface area contributed by atoms with Gasteiger partial charge in [-0.2, -0.15) is 5.10 Å². The van der Waals surface area contributed by atoms with Crippen molar-refractivity contribution >= 4 is 11.6 Å². The quantitative estimate of drug-likeness (QED) is 0.851. The molecule has 2 aliphatic rings. The molecular weight excluding hydrogens is 326 g/mol. The van der Waals surface area contributed by atoms with E-state index in [1.165, 1.54) is 0 Å². The zero-order valence-electron chi connectivity index (χ0n) is 15.6. The van der Waals surface area contributed by atoms with Crippen LogP contribution >= 0.6 is 0 Å². The number of rotatable bonds is 3. The van der Waals surface area contributed by atoms with Gasteiger partial charge in [-0.25, -0.2) is 4.68 Å². The SMILES string of the molecule is Cc1cnn(-c2ccncc2N2CCC(C(=O)N3CCCC3C)CC2)c1. The number of piperidine rings is 1. The number of carbonyl (C=O) groups is 1. The fourth-order valence-electron chi connectivity index (χ4n) is 4.22. The third-order valence-corrected chi connectivity index (χ3v) is 5.76. The van der Waals surface area contributed by atoms with Crippen molar-refractivity contribution in [2.75, 3.05) is 24.5 Å². The van der Waals surface area contributed by atoms with Gasteiger partial charge in [-0.1, -0.05) is 0 Å². The van der Waals surface area contributed by atoms with Gasteiger partial charge in [-0.05, 0) is 51.2 Å². The van der Waals surface area contributed by atoms with E-state index < -0.39 is 0 Å². The average Bonchev–Trinajstić information content (AvgIpc) is 3.29. The van der Waals surface area contributed by atoms with Gasteiger partial charge in [0.05, 0.1) is 23.8 Å². The number of anilines is 1. The van der Waals surface area contributed by atoms with E-state index in [0.29, 0.717) is 11.9 Å². The molecule has 0 N–H and O–H groups in total. The zero-order chi connectivity index (χ0) is 18.1. The fourth-order valence-corrected chi connectivity index (χ4v) is 4.22. The van der Waals surface area contributed by atoms with Crippen LogP contribution in [0.4, 0.5) is 5.69 Å². The smallest absolute Gasteiger partial charge is 0.226 e. The first kappa shape index (κ1) is 17.1. The summed E-state index contributed by atoms with van der Waals surface area (Å²) in [5.41, 5.74) is 3.28. The van der Waals surface area contributed by atoms with Gasteiger partial charge in [0.15, 0.2) is 0 Å². The second kappa shape index (κ2) is 7.09. The molecule has 0 aromatic carbocycles. The number of hydrogen-bond acceptors (Lipinski definition) is 4. The van der Waals surface area contributed by atoms with Gasteiger partial charge in [0.2, 0.25) is 5.91 Å². The van der Waals surface area contributed by atoms with Crippen molar-refractivity contribution in [2.24, 2.45) is 5.92 Å². The number of carbonyl (C=O) groups excluding carboxylic acids is 1. The van der Waals surface area contributed by atoms with Gasteiger partial charge in [-0.3, -0.25) is 9.78 Å². The number of hydrogen-bond donors (Lipinski definition) is 0. The van der Waals surface area contributed by atoms with Gasteiger partial charge in [0, 0.05) is 44.0 Å². The summed E-state index contributed by atoms with van der Waals surface area (Å²) in [4.78, 5) is 21.6. The molecule has 2 aromatic rings. The first-order chi connectivity index (χ1) is 12.6. The normalized spacial score (nSPS) is 21.4. The van der Waals surface area contributed by atoms with Crippen LogP contribution in [0.2, 0.25) is 0 Å². The number of pyridine rings is 1. The summed E-state index contributed by atoms with van der Waals surface area (Å²) in [6, 6.07) is 2.42. The van der Waals surface area contributed by atoms with Crippen LogP contribution in [0.1, 0.15) is 38.2 Å². The summed E-state index contributed by atoms with van der Waals surface area (Å²) in [6.45, 7) is 6.93. The van der Waals surface area contributed by atoms with E-state index in [-0.39, 0.29) is 5.92 Å². The third kappa shape index (κ3) is 3.20. The summed E-state index contributed by atoms with van der Waals surface area (Å²) in [5.74, 6) is 0.530. The molecule has 2 aromatic heterocycles. The maximum atomic E-state index is 12.8. The van der Waals surface area contributed by atoms with Crippen LogP contribution in [-0.4, -0.2) is 51.2 Å². The lowest BCUT2D eigenvalue weighted by Crippen LogP contribution is -2.44. The van der Waals surface area contributed by atoms with Crippen molar-refractivity contribution in [3.63, 3.8) is 0 Å². The van der Waals surface area contributed by atoms with Crippen molar-refractivity contribution in [1.29, 1.82) is 0 Å². The van der Waals surface area contributed by atoms with E-state index in [4.69, 9.17) is 0 Å². The van der Waals surface area contributed by atoms with Gasteiger partial charge in [-0.15, -0.1) is 0 Å². The first-order valence-electron chi connectivity index (χ1n) is 9.64. The van der Waals surface area contributed by atoms with Gasteiger partial charge in [0.25, 0.3) is 0 Å². The Morgan fingerprint density at radius 3 is 2.58 bits per heavy atom. The molecular formula is C20H27N5O. The van der Waals surface area contributed by atoms with Crippen molar-refractivity contribution in [2.45, 2.75) is 45.6 Å². The molecule has 0 saturated carbocycles. The lowest BCUT2D eigenvalue weighted by Gasteiger charge is -2.36. The summed E-state index contributed by atoms with van der Waals surface area (Å²) in [7, 11) is 0. The van der Waals surface area contributed by atoms with E-state index in [1.807, 2.05) is 36.3 Å². The average molecular weight is 353 g/mol. The van der Waals surface area contributed by atoms with E-state index >= 15 is 0 Å². The maximum absolute atomic E-state index is 12.8. The fraction of sp³-hybridized carbons (Fsp3) is 0.550. The van der Waals surface area contributed by atoms with Crippen LogP contribution < -0.4 is 4.90 Å². The van der Waals surface area contributed by atoms with Crippen molar-refractivity contribution in [1.82, 2.24) is 19.7 Å². The van der Waals surface area contributed by atoms with E-state index in [9.17, 15) is 4.79 Å². The molecule has 1 atom stereocenters. The Balaban J connectivity index is 1.46. The Morgan fingerprint density at radius 2 is 1.92 bits per heavy atom. The molecule has 0 bridgehead atoms. The predicted octanol–water partition coefficient (Wildman–Crippen LogP) is 2.80. The van der Waals surface area contributed by atoms with Crippen LogP contribution in [0.5, 0.6) is 0 Å². The number of amides is 1. The second-order valence-electron chi connectivity index (χ2n) is 7.61. The van der Waals surface area contributed by atoms with Crippen molar-refractivity contribution < 1.29 is 4.79 Å². The molecule has 26 heavy (non-hydrogen) atoms. The zero-order valence-corrected chi connectivity index (χ0v) is 15.6. The minimum absolute atomic E-state index is 0.166. The molecule has 1 amide bonds. The number of nitrogens with zero attached hydrogens (tertiary/aromatic N) is 5. The molecule has 1 unspecified atom stereocenters. The minimum Gasteiger partial charge on any atom is -0.368 e. The third-order valence-electron chi connectivity index (χ3n) is 5.76. The van der Waals surface area contributed by atoms with Crippen LogP contribution in [0.3, 0.4) is 0 Å². The molecule has 2 saturated heterocycles. The molecule has 0 aliphatic carbocycles. The maximum Gasteiger partial charge on any atom is 0.226 e. The molecule has 6 heteroatoms. The molecule has 4 heterocycles. The van der Waals surface area contributed by atoms with E-state index in [2.05, 4.69) is 26.8 Å². The molecule has 2 aliphatic heterocycles. The summed E-state index contributed by atoms with van der Waals surface area (Å²) >= 11 is 0. The van der Waals surface area contributed by atoms with Gasteiger partial charge in [0.1, 0.15) is 0 Å². The highest BCUT2D eigenvalue weighted by Gasteiger charge is 2.33. The summed E-state index contributed by atoms with van der Waals surface area (Å²) in [5, 5.41) is 4.45. The molecule has 2 fully saturated rings. The van der Waals surface area contributed by atoms with Crippen LogP contribution in [0, 0.1) is 12.8 Å². The lowest BCUT2D eigenvalue weighted by atomic mass is 9.94. The molecule has 6 nitrogen and oxygen atoms in total. The number of aromatic nitrogens is 3. The highest BCUT2D eigenvalue weighted by Crippen LogP contribution is 2.30. The van der Waals surface area contributed by atoms with Crippen molar-refractivity contribution in [3.8, 4) is 5.69 Å². The Morgan fingerprint density at radius 1 is 1.12 bits per heavy atom. The van der Waals surface area contributed by atoms with Gasteiger partial charge < -0.3 is 9.80 Å². The van der Waals surface area contributed by atoms with Gasteiger partial charge >= 0.3 is 0 Å². The van der Waals surface area contributed by atoms with Crippen LogP contribution in [0.25, 0.3) is 5.69 Å². The Kier molecular flexibility index (Phi) is 4.66. The molecule has 138 valence electrons. The first-order valence-corrected chi connectivity index (χ1v) is 9.64. The monoisotopic (exact) mass is 353 g/mol. The molecule has 0 spiro atoms. The summed E-state index contributed by atoms with van der Waals surface area (Å²) in [6.07, 6.45) is 11.7. The van der Waals surface area contributed by atoms with E-state index in [0.717, 1.165) is 62.3 Å². The van der Waals surface area contributed by atoms with Crippen LogP contribution in [0.15, 0.2) is 30.9 Å². The van der Waals surface area contributed by atoms with Crippen LogP contribution in [-0.2, 0) is 4.79 Å². The Hall–Kier alpha value is -2.37. The predicted molar refractivity (Wildman–Crippen MR) is 101 cm³/mol. The number of aryl methyl sites for hydroxylation is 1. The lowest BCUT2D eigenvalue weighted by molar-refractivity contribution is -0.136. The Bertz CT molecular complexity index is 778. The van der Waals surface area contributed by atoms with E-state index in [1.54, 1.807) is 6.20 Å². The topological polar surface area (TPSA) is 54.3 Å². The minimum atomic E-state index is 0.166. The standard InChI is InChI=1S/C20H27N5O/c1-15-12-22-25(14-15)18-5-8-21-13-19(18)23-10-6-17(7-11-23)20(26)24-9-3-4-16(24)2/h5,8,12-14,16-17H,3-4,6-7,9-11H2,1-2H3. The highest BCUT2D eigenvalue weighted by atomic mass is 16.2. The highest BCUT2D eigenvalue weighted by molar-refractivity contribution is 5.80. The molecule has 4 rings (SSSR count). The second-order valence-corrected chi connectivity index (χ2v) is 7.61.